The van der Waals surface area contributed by atoms with E-state index in [1.54, 1.807) is 6.07 Å². The number of esters is 1. The number of fused-ring (bicyclic) bond motifs is 5. The second-order valence-corrected chi connectivity index (χ2v) is 12.4. The van der Waals surface area contributed by atoms with Crippen LogP contribution in [0.5, 0.6) is 40.2 Å². The number of hydrogen-bond donors (Lipinski definition) is 8. The lowest BCUT2D eigenvalue weighted by atomic mass is 9.81. The second kappa shape index (κ2) is 14.8. The number of aliphatic hydroxyl groups is 4. The van der Waals surface area contributed by atoms with Gasteiger partial charge in [0.15, 0.2) is 28.7 Å². The number of benzene rings is 3. The Morgan fingerprint density at radius 3 is 2.15 bits per heavy atom. The minimum atomic E-state index is -1.67. The summed E-state index contributed by atoms with van der Waals surface area (Å²) in [6.45, 7) is -0.420. The number of carbonyl (C=O) groups excluding carboxylic acids is 1. The fourth-order valence-electron chi connectivity index (χ4n) is 6.41. The van der Waals surface area contributed by atoms with Gasteiger partial charge in [0.2, 0.25) is 5.75 Å². The summed E-state index contributed by atoms with van der Waals surface area (Å²) in [7, 11) is 2.87. The van der Waals surface area contributed by atoms with Gasteiger partial charge in [-0.3, -0.25) is 0 Å². The molecule has 0 spiro atoms. The van der Waals surface area contributed by atoms with E-state index in [2.05, 4.69) is 0 Å². The summed E-state index contributed by atoms with van der Waals surface area (Å²) in [5.74, 6) is -3.46. The van der Waals surface area contributed by atoms with E-state index >= 15 is 0 Å². The predicted octanol–water partition coefficient (Wildman–Crippen LogP) is 2.92. The third kappa shape index (κ3) is 7.19. The van der Waals surface area contributed by atoms with Crippen LogP contribution in [0, 0.1) is 5.92 Å². The fraction of sp³-hybridized carbons (Fsp3) is 0.457. The average molecular weight is 671 g/mol. The number of carbonyl (C=O) groups is 1. The van der Waals surface area contributed by atoms with Crippen molar-refractivity contribution in [3.63, 3.8) is 0 Å². The smallest absolute Gasteiger partial charge is 0.338 e. The summed E-state index contributed by atoms with van der Waals surface area (Å²) >= 11 is 0. The molecular formula is C35H42O13. The Kier molecular flexibility index (Phi) is 10.7. The van der Waals surface area contributed by atoms with Gasteiger partial charge in [0, 0.05) is 17.0 Å². The summed E-state index contributed by atoms with van der Waals surface area (Å²) in [6, 6.07) is 8.89. The molecule has 8 N–H and O–H groups in total. The fourth-order valence-corrected chi connectivity index (χ4v) is 6.41. The summed E-state index contributed by atoms with van der Waals surface area (Å²) in [5, 5.41) is 83.2. The van der Waals surface area contributed by atoms with E-state index in [-0.39, 0.29) is 35.0 Å². The van der Waals surface area contributed by atoms with Crippen LogP contribution < -0.4 is 14.2 Å². The van der Waals surface area contributed by atoms with E-state index in [1.807, 2.05) is 18.2 Å². The number of phenolic OH excluding ortho intramolecular Hbond substituents is 4. The van der Waals surface area contributed by atoms with Crippen molar-refractivity contribution in [3.05, 3.63) is 53.1 Å². The standard InChI is InChI=1S/C35H42O13/c1-45-33-23-12-18(5-3-4-6-21(36)9-7-17-8-10-24(37)22(23)11-17)32(34(33)46-2)48-27-15-20(28(40)31(43)30(27)42)16-47-35(44)19-13-25(38)29(41)26(39)14-19/h8,10-14,20-21,27-28,30-31,36-43H,3-7,9,15-16H2,1-2H3. The molecule has 1 saturated carbocycles. The van der Waals surface area contributed by atoms with Crippen LogP contribution >= 0.6 is 0 Å². The predicted molar refractivity (Wildman–Crippen MR) is 171 cm³/mol. The summed E-state index contributed by atoms with van der Waals surface area (Å²) in [4.78, 5) is 12.7. The SMILES string of the molecule is COc1c2cc(c(OC3CC(COC(=O)c4cc(O)c(O)c(O)c4)C(O)C(O)C3O)c1OC)CCCCC(O)CCc1ccc(O)c-2c1. The molecule has 2 aliphatic rings. The molecule has 260 valence electrons. The third-order valence-corrected chi connectivity index (χ3v) is 9.13. The zero-order valence-corrected chi connectivity index (χ0v) is 26.7. The average Bonchev–Trinajstić information content (AvgIpc) is 3.08. The molecule has 3 aromatic carbocycles. The first-order valence-electron chi connectivity index (χ1n) is 15.8. The summed E-state index contributed by atoms with van der Waals surface area (Å²) < 4.78 is 23.3. The molecule has 0 radical (unpaired) electrons. The van der Waals surface area contributed by atoms with Crippen LogP contribution in [0.25, 0.3) is 11.1 Å². The molecule has 13 heteroatoms. The zero-order valence-electron chi connectivity index (χ0n) is 26.7. The molecule has 2 aliphatic carbocycles. The van der Waals surface area contributed by atoms with Crippen molar-refractivity contribution in [2.75, 3.05) is 20.8 Å². The van der Waals surface area contributed by atoms with E-state index in [1.165, 1.54) is 14.2 Å². The first kappa shape index (κ1) is 34.9. The van der Waals surface area contributed by atoms with E-state index in [0.29, 0.717) is 55.2 Å². The normalized spacial score (nSPS) is 24.4. The highest BCUT2D eigenvalue weighted by atomic mass is 16.6. The van der Waals surface area contributed by atoms with E-state index in [0.717, 1.165) is 17.7 Å². The minimum Gasteiger partial charge on any atom is -0.507 e. The lowest BCUT2D eigenvalue weighted by Crippen LogP contribution is -2.56. The van der Waals surface area contributed by atoms with Gasteiger partial charge >= 0.3 is 5.97 Å². The second-order valence-electron chi connectivity index (χ2n) is 12.4. The highest BCUT2D eigenvalue weighted by Crippen LogP contribution is 2.50. The number of aromatic hydroxyl groups is 4. The Morgan fingerprint density at radius 1 is 0.750 bits per heavy atom. The van der Waals surface area contributed by atoms with Crippen LogP contribution in [0.15, 0.2) is 36.4 Å². The van der Waals surface area contributed by atoms with Crippen LogP contribution in [0.1, 0.15) is 53.6 Å². The maximum atomic E-state index is 12.7. The van der Waals surface area contributed by atoms with Crippen molar-refractivity contribution >= 4 is 5.97 Å². The number of aliphatic hydroxyl groups excluding tert-OH is 4. The van der Waals surface area contributed by atoms with Gasteiger partial charge in [0.1, 0.15) is 24.1 Å². The summed E-state index contributed by atoms with van der Waals surface area (Å²) in [6.07, 6.45) is -2.76. The number of hydrogen-bond acceptors (Lipinski definition) is 13. The Balaban J connectivity index is 1.47. The number of aryl methyl sites for hydroxylation is 2. The van der Waals surface area contributed by atoms with Crippen molar-refractivity contribution < 1.29 is 64.6 Å². The molecular weight excluding hydrogens is 628 g/mol. The van der Waals surface area contributed by atoms with Gasteiger partial charge in [-0.15, -0.1) is 0 Å². The molecule has 4 bridgehead atoms. The largest absolute Gasteiger partial charge is 0.507 e. The maximum absolute atomic E-state index is 12.7. The van der Waals surface area contributed by atoms with Crippen molar-refractivity contribution in [2.24, 2.45) is 5.92 Å². The molecule has 6 unspecified atom stereocenters. The highest BCUT2D eigenvalue weighted by Gasteiger charge is 2.45. The van der Waals surface area contributed by atoms with Crippen LogP contribution in [0.4, 0.5) is 0 Å². The molecule has 3 aromatic rings. The molecule has 6 atom stereocenters. The Labute approximate surface area is 277 Å². The van der Waals surface area contributed by atoms with Gasteiger partial charge in [0.05, 0.1) is 38.6 Å². The Hall–Kier alpha value is -4.43. The van der Waals surface area contributed by atoms with E-state index in [9.17, 15) is 45.6 Å². The molecule has 0 saturated heterocycles. The van der Waals surface area contributed by atoms with Gasteiger partial charge in [-0.05, 0) is 80.0 Å². The number of rotatable bonds is 7. The Bertz CT molecular complexity index is 1600. The Morgan fingerprint density at radius 2 is 1.46 bits per heavy atom. The van der Waals surface area contributed by atoms with Crippen LogP contribution in [0.2, 0.25) is 0 Å². The minimum absolute atomic E-state index is 0.0177. The van der Waals surface area contributed by atoms with E-state index < -0.39 is 66.3 Å². The topological polar surface area (TPSA) is 216 Å². The van der Waals surface area contributed by atoms with Crippen LogP contribution in [0.3, 0.4) is 0 Å². The lowest BCUT2D eigenvalue weighted by molar-refractivity contribution is -0.157. The molecule has 0 aliphatic heterocycles. The van der Waals surface area contributed by atoms with Gasteiger partial charge < -0.3 is 59.8 Å². The highest BCUT2D eigenvalue weighted by molar-refractivity contribution is 5.91. The first-order valence-corrected chi connectivity index (χ1v) is 15.8. The molecule has 13 nitrogen and oxygen atoms in total. The lowest BCUT2D eigenvalue weighted by Gasteiger charge is -2.40. The zero-order chi connectivity index (χ0) is 34.7. The molecule has 0 heterocycles. The van der Waals surface area contributed by atoms with Gasteiger partial charge in [0.25, 0.3) is 0 Å². The summed E-state index contributed by atoms with van der Waals surface area (Å²) in [5.41, 5.74) is 2.36. The monoisotopic (exact) mass is 670 g/mol. The quantitative estimate of drug-likeness (QED) is 0.134. The van der Waals surface area contributed by atoms with Crippen LogP contribution in [-0.4, -0.2) is 98.2 Å². The van der Waals surface area contributed by atoms with Crippen molar-refractivity contribution in [1.82, 2.24) is 0 Å². The molecule has 1 fully saturated rings. The van der Waals surface area contributed by atoms with Gasteiger partial charge in [-0.1, -0.05) is 12.5 Å². The molecule has 0 aromatic heterocycles. The third-order valence-electron chi connectivity index (χ3n) is 9.13. The number of ether oxygens (including phenoxy) is 4. The van der Waals surface area contributed by atoms with Gasteiger partial charge in [-0.2, -0.15) is 0 Å². The maximum Gasteiger partial charge on any atom is 0.338 e. The van der Waals surface area contributed by atoms with Crippen molar-refractivity contribution in [3.8, 4) is 51.4 Å². The number of phenols is 4. The van der Waals surface area contributed by atoms with E-state index in [4.69, 9.17) is 18.9 Å². The van der Waals surface area contributed by atoms with Crippen molar-refractivity contribution in [1.29, 1.82) is 0 Å². The first-order chi connectivity index (χ1) is 22.9. The molecule has 5 rings (SSSR count). The number of methoxy groups -OCH3 is 2. The van der Waals surface area contributed by atoms with Crippen LogP contribution in [-0.2, 0) is 17.6 Å². The van der Waals surface area contributed by atoms with Gasteiger partial charge in [-0.25, -0.2) is 4.79 Å². The molecule has 0 amide bonds. The molecule has 48 heavy (non-hydrogen) atoms. The van der Waals surface area contributed by atoms with Crippen molar-refractivity contribution in [2.45, 2.75) is 75.5 Å².